The van der Waals surface area contributed by atoms with Gasteiger partial charge in [0.1, 0.15) is 25.0 Å². The Hall–Kier alpha value is -0.686. The van der Waals surface area contributed by atoms with Crippen molar-refractivity contribution in [1.29, 1.82) is 0 Å². The summed E-state index contributed by atoms with van der Waals surface area (Å²) in [5.74, 6) is 0. The average Bonchev–Trinajstić information content (AvgIpc) is 1.98. The first-order valence-corrected chi connectivity index (χ1v) is 11.8. The maximum absolute atomic E-state index is 5.44. The van der Waals surface area contributed by atoms with E-state index in [9.17, 15) is 0 Å². The summed E-state index contributed by atoms with van der Waals surface area (Å²) < 4.78 is 15.9. The zero-order chi connectivity index (χ0) is 11.9. The largest absolute Gasteiger partial charge is 0.547 e. The van der Waals surface area contributed by atoms with Gasteiger partial charge in [-0.25, -0.2) is 0 Å². The molecule has 0 aliphatic rings. The molecule has 0 atom stereocenters. The number of ether oxygens (including phenoxy) is 1. The molecule has 5 heteroatoms. The fourth-order valence-electron chi connectivity index (χ4n) is 0.573. The van der Waals surface area contributed by atoms with E-state index >= 15 is 0 Å². The molecule has 0 aliphatic carbocycles. The van der Waals surface area contributed by atoms with Gasteiger partial charge in [-0.15, -0.1) is 0 Å². The molecule has 88 valence electrons. The fourth-order valence-corrected chi connectivity index (χ4v) is 1.50. The second-order valence-electron chi connectivity index (χ2n) is 5.14. The Labute approximate surface area is 95.0 Å². The summed E-state index contributed by atoms with van der Waals surface area (Å²) in [5, 5.41) is 0. The molecule has 0 bridgehead atoms. The van der Waals surface area contributed by atoms with Crippen LogP contribution >= 0.6 is 0 Å². The van der Waals surface area contributed by atoms with E-state index in [1.54, 1.807) is 12.5 Å². The van der Waals surface area contributed by atoms with Crippen molar-refractivity contribution in [2.75, 3.05) is 0 Å². The van der Waals surface area contributed by atoms with E-state index in [4.69, 9.17) is 13.6 Å². The first-order valence-electron chi connectivity index (χ1n) is 5.02. The molecule has 0 unspecified atom stereocenters. The van der Waals surface area contributed by atoms with E-state index in [0.717, 1.165) is 0 Å². The minimum atomic E-state index is -1.47. The van der Waals surface area contributed by atoms with Crippen LogP contribution in [0.5, 0.6) is 0 Å². The van der Waals surface area contributed by atoms with Crippen molar-refractivity contribution >= 4 is 16.6 Å². The zero-order valence-corrected chi connectivity index (χ0v) is 12.5. The van der Waals surface area contributed by atoms with Crippen LogP contribution < -0.4 is 0 Å². The molecule has 0 aromatic rings. The molecule has 0 spiro atoms. The van der Waals surface area contributed by atoms with E-state index < -0.39 is 16.6 Å². The lowest BCUT2D eigenvalue weighted by atomic mass is 11.0. The van der Waals surface area contributed by atoms with E-state index in [1.807, 2.05) is 0 Å². The van der Waals surface area contributed by atoms with Crippen molar-refractivity contribution in [3.63, 3.8) is 0 Å². The Morgan fingerprint density at radius 1 is 0.600 bits per heavy atom. The molecule has 0 heterocycles. The van der Waals surface area contributed by atoms with Crippen LogP contribution in [0.1, 0.15) is 0 Å². The van der Waals surface area contributed by atoms with Gasteiger partial charge in [0, 0.05) is 0 Å². The van der Waals surface area contributed by atoms with Crippen LogP contribution in [0, 0.1) is 0 Å². The summed E-state index contributed by atoms with van der Waals surface area (Å²) >= 11 is 0. The predicted octanol–water partition coefficient (Wildman–Crippen LogP) is 3.65. The zero-order valence-electron chi connectivity index (χ0n) is 10.5. The van der Waals surface area contributed by atoms with Gasteiger partial charge in [0.05, 0.1) is 0 Å². The third-order valence-electron chi connectivity index (χ3n) is 1.11. The molecule has 0 rings (SSSR count). The molecule has 0 amide bonds. The summed E-state index contributed by atoms with van der Waals surface area (Å²) in [5.41, 5.74) is 0. The molecule has 0 aliphatic heterocycles. The molecule has 0 fully saturated rings. The highest BCUT2D eigenvalue weighted by molar-refractivity contribution is 6.70. The molecule has 0 saturated heterocycles. The third kappa shape index (κ3) is 13.3. The maximum Gasteiger partial charge on any atom is 0.241 e. The summed E-state index contributed by atoms with van der Waals surface area (Å²) in [6, 6.07) is 0. The Bertz CT molecular complexity index is 200. The van der Waals surface area contributed by atoms with Crippen LogP contribution in [-0.2, 0) is 13.6 Å². The predicted molar refractivity (Wildman–Crippen MR) is 68.2 cm³/mol. The number of rotatable bonds is 6. The summed E-state index contributed by atoms with van der Waals surface area (Å²) in [6.07, 6.45) is 6.21. The van der Waals surface area contributed by atoms with Crippen LogP contribution in [0.25, 0.3) is 0 Å². The van der Waals surface area contributed by atoms with Crippen molar-refractivity contribution in [2.24, 2.45) is 0 Å². The van der Waals surface area contributed by atoms with Crippen molar-refractivity contribution in [3.8, 4) is 0 Å². The SMILES string of the molecule is C[Si](C)(C)OC=COC=CO[Si](C)(C)C. The van der Waals surface area contributed by atoms with Crippen LogP contribution in [-0.4, -0.2) is 16.6 Å². The van der Waals surface area contributed by atoms with E-state index in [1.165, 1.54) is 12.5 Å². The van der Waals surface area contributed by atoms with Gasteiger partial charge >= 0.3 is 0 Å². The fraction of sp³-hybridized carbons (Fsp3) is 0.600. The first kappa shape index (κ1) is 14.3. The van der Waals surface area contributed by atoms with E-state index in [2.05, 4.69) is 39.3 Å². The Balaban J connectivity index is 3.62. The molecule has 0 saturated carbocycles. The first-order chi connectivity index (χ1) is 6.71. The van der Waals surface area contributed by atoms with Gasteiger partial charge in [0.25, 0.3) is 0 Å². The van der Waals surface area contributed by atoms with Gasteiger partial charge in [-0.05, 0) is 39.3 Å². The highest BCUT2D eigenvalue weighted by atomic mass is 28.4. The molecular weight excluding hydrogens is 224 g/mol. The minimum absolute atomic E-state index is 1.47. The second kappa shape index (κ2) is 6.02. The van der Waals surface area contributed by atoms with Gasteiger partial charge < -0.3 is 13.6 Å². The summed E-state index contributed by atoms with van der Waals surface area (Å²) in [7, 11) is -2.94. The van der Waals surface area contributed by atoms with Gasteiger partial charge in [-0.2, -0.15) is 0 Å². The lowest BCUT2D eigenvalue weighted by molar-refractivity contribution is 0.350. The standard InChI is InChI=1S/C10H22O3Si2/c1-14(2,3)12-9-7-11-8-10-13-15(4,5)6/h7-10H,1-6H3. The molecule has 0 N–H and O–H groups in total. The van der Waals surface area contributed by atoms with Crippen LogP contribution in [0.15, 0.2) is 25.0 Å². The quantitative estimate of drug-likeness (QED) is 0.529. The van der Waals surface area contributed by atoms with Crippen LogP contribution in [0.2, 0.25) is 39.3 Å². The monoisotopic (exact) mass is 246 g/mol. The minimum Gasteiger partial charge on any atom is -0.547 e. The number of hydrogen-bond donors (Lipinski definition) is 0. The average molecular weight is 246 g/mol. The van der Waals surface area contributed by atoms with E-state index in [-0.39, 0.29) is 0 Å². The van der Waals surface area contributed by atoms with Gasteiger partial charge in [-0.1, -0.05) is 0 Å². The van der Waals surface area contributed by atoms with Gasteiger partial charge in [0.2, 0.25) is 16.6 Å². The van der Waals surface area contributed by atoms with Crippen molar-refractivity contribution in [3.05, 3.63) is 25.0 Å². The Kier molecular flexibility index (Phi) is 5.74. The highest BCUT2D eigenvalue weighted by Crippen LogP contribution is 2.04. The highest BCUT2D eigenvalue weighted by Gasteiger charge is 2.13. The number of hydrogen-bond acceptors (Lipinski definition) is 3. The molecule has 15 heavy (non-hydrogen) atoms. The van der Waals surface area contributed by atoms with Crippen molar-refractivity contribution < 1.29 is 13.6 Å². The molecule has 0 aromatic heterocycles. The lowest BCUT2D eigenvalue weighted by Gasteiger charge is -2.14. The molecule has 0 radical (unpaired) electrons. The normalized spacial score (nSPS) is 13.5. The van der Waals surface area contributed by atoms with E-state index in [0.29, 0.717) is 0 Å². The third-order valence-corrected chi connectivity index (χ3v) is 2.80. The smallest absolute Gasteiger partial charge is 0.241 e. The molecule has 0 aromatic carbocycles. The van der Waals surface area contributed by atoms with Gasteiger partial charge in [-0.3, -0.25) is 0 Å². The van der Waals surface area contributed by atoms with Crippen molar-refractivity contribution in [1.82, 2.24) is 0 Å². The van der Waals surface area contributed by atoms with Crippen molar-refractivity contribution in [2.45, 2.75) is 39.3 Å². The Morgan fingerprint density at radius 3 is 1.20 bits per heavy atom. The second-order valence-corrected chi connectivity index (χ2v) is 14.1. The topological polar surface area (TPSA) is 27.7 Å². The summed E-state index contributed by atoms with van der Waals surface area (Å²) in [4.78, 5) is 0. The van der Waals surface area contributed by atoms with Crippen LogP contribution in [0.3, 0.4) is 0 Å². The molecule has 3 nitrogen and oxygen atoms in total. The Morgan fingerprint density at radius 2 is 0.933 bits per heavy atom. The maximum atomic E-state index is 5.44. The molecular formula is C10H22O3Si2. The summed E-state index contributed by atoms with van der Waals surface area (Å²) in [6.45, 7) is 12.7. The van der Waals surface area contributed by atoms with Crippen LogP contribution in [0.4, 0.5) is 0 Å². The van der Waals surface area contributed by atoms with Gasteiger partial charge in [0.15, 0.2) is 0 Å². The lowest BCUT2D eigenvalue weighted by Crippen LogP contribution is -2.22.